The molecule has 2 fully saturated rings. The van der Waals surface area contributed by atoms with Gasteiger partial charge < -0.3 is 15.3 Å². The van der Waals surface area contributed by atoms with Gasteiger partial charge >= 0.3 is 0 Å². The van der Waals surface area contributed by atoms with E-state index < -0.39 is 6.10 Å². The summed E-state index contributed by atoms with van der Waals surface area (Å²) in [4.78, 5) is 29.7. The minimum absolute atomic E-state index is 0.529. The largest absolute Gasteiger partial charge is 0.386 e. The van der Waals surface area contributed by atoms with Crippen LogP contribution in [-0.2, 0) is 0 Å². The monoisotopic (exact) mass is 486 g/mol. The lowest BCUT2D eigenvalue weighted by molar-refractivity contribution is 0.112. The Labute approximate surface area is 202 Å². The lowest BCUT2D eigenvalue weighted by Crippen LogP contribution is -2.48. The van der Waals surface area contributed by atoms with Gasteiger partial charge in [-0.15, -0.1) is 22.7 Å². The molecule has 2 aliphatic rings. The van der Waals surface area contributed by atoms with Crippen molar-refractivity contribution >= 4 is 39.9 Å². The van der Waals surface area contributed by atoms with Crippen LogP contribution in [0.4, 0.5) is 10.9 Å². The Hall–Kier alpha value is -2.24. The molecule has 2 saturated heterocycles. The van der Waals surface area contributed by atoms with Gasteiger partial charge in [0.25, 0.3) is 0 Å². The lowest BCUT2D eigenvalue weighted by atomic mass is 10.2. The van der Waals surface area contributed by atoms with Crippen LogP contribution < -0.4 is 5.32 Å². The second-order valence-corrected chi connectivity index (χ2v) is 10.4. The number of piperazine rings is 1. The Kier molecular flexibility index (Phi) is 7.82. The summed E-state index contributed by atoms with van der Waals surface area (Å²) in [6, 6.07) is 4.33. The Morgan fingerprint density at radius 2 is 2.12 bits per heavy atom. The van der Waals surface area contributed by atoms with E-state index in [2.05, 4.69) is 37.1 Å². The quantitative estimate of drug-likeness (QED) is 0.523. The number of rotatable bonds is 5. The highest BCUT2D eigenvalue weighted by molar-refractivity contribution is 7.17. The maximum absolute atomic E-state index is 10.6. The van der Waals surface area contributed by atoms with Gasteiger partial charge in [0.2, 0.25) is 0 Å². The molecule has 3 aromatic rings. The van der Waals surface area contributed by atoms with Crippen LogP contribution in [0.1, 0.15) is 46.9 Å². The molecule has 0 amide bonds. The maximum atomic E-state index is 10.6. The highest BCUT2D eigenvalue weighted by Crippen LogP contribution is 2.34. The van der Waals surface area contributed by atoms with E-state index in [1.807, 2.05) is 12.3 Å². The van der Waals surface area contributed by atoms with Gasteiger partial charge in [0.05, 0.1) is 16.3 Å². The first-order chi connectivity index (χ1) is 15.9. The molecule has 2 N–H and O–H groups in total. The number of aryl methyl sites for hydroxylation is 1. The minimum Gasteiger partial charge on any atom is -0.386 e. The Bertz CT molecular complexity index is 1070. The zero-order chi connectivity index (χ0) is 23.4. The van der Waals surface area contributed by atoms with Crippen molar-refractivity contribution in [3.8, 4) is 10.6 Å². The molecular formula is C23H30N6O2S2. The first-order valence-electron chi connectivity index (χ1n) is 11.1. The van der Waals surface area contributed by atoms with Crippen LogP contribution in [0.3, 0.4) is 0 Å². The number of thiazole rings is 2. The number of carbonyl (C=O) groups excluding carboxylic acids is 1. The number of nitrogens with one attached hydrogen (secondary N) is 1. The molecule has 0 aromatic carbocycles. The Morgan fingerprint density at radius 3 is 2.82 bits per heavy atom. The first-order valence-corrected chi connectivity index (χ1v) is 12.8. The van der Waals surface area contributed by atoms with Gasteiger partial charge in [-0.05, 0) is 52.4 Å². The van der Waals surface area contributed by atoms with Crippen molar-refractivity contribution in [3.05, 3.63) is 40.0 Å². The smallest absolute Gasteiger partial charge is 0.188 e. The van der Waals surface area contributed by atoms with Crippen molar-refractivity contribution in [3.63, 3.8) is 0 Å². The predicted octanol–water partition coefficient (Wildman–Crippen LogP) is 3.98. The summed E-state index contributed by atoms with van der Waals surface area (Å²) in [6.45, 7) is 8.85. The molecule has 0 radical (unpaired) electrons. The topological polar surface area (TPSA) is 94.5 Å². The second-order valence-electron chi connectivity index (χ2n) is 8.49. The lowest BCUT2D eigenvalue weighted by Gasteiger charge is -2.35. The molecule has 33 heavy (non-hydrogen) atoms. The highest BCUT2D eigenvalue weighted by Gasteiger charge is 2.28. The van der Waals surface area contributed by atoms with E-state index in [0.717, 1.165) is 28.6 Å². The molecule has 2 aliphatic heterocycles. The molecule has 10 heteroatoms. The molecule has 2 unspecified atom stereocenters. The van der Waals surface area contributed by atoms with E-state index in [-0.39, 0.29) is 0 Å². The number of hydrogen-bond acceptors (Lipinski definition) is 10. The van der Waals surface area contributed by atoms with Crippen LogP contribution in [0.5, 0.6) is 0 Å². The fourth-order valence-corrected chi connectivity index (χ4v) is 5.82. The van der Waals surface area contributed by atoms with Crippen molar-refractivity contribution in [2.45, 2.75) is 38.8 Å². The van der Waals surface area contributed by atoms with Gasteiger partial charge in [0.1, 0.15) is 16.9 Å². The Morgan fingerprint density at radius 1 is 1.27 bits per heavy atom. The number of likely N-dealkylation sites (N-methyl/N-ethyl adjacent to an activating group) is 1. The minimum atomic E-state index is -0.579. The molecular weight excluding hydrogens is 456 g/mol. The van der Waals surface area contributed by atoms with Crippen molar-refractivity contribution in [1.82, 2.24) is 24.8 Å². The molecule has 2 atom stereocenters. The highest BCUT2D eigenvalue weighted by atomic mass is 32.1. The number of aliphatic hydroxyl groups excluding tert-OH is 1. The molecule has 0 aliphatic carbocycles. The van der Waals surface area contributed by atoms with Gasteiger partial charge in [0.15, 0.2) is 11.4 Å². The summed E-state index contributed by atoms with van der Waals surface area (Å²) < 4.78 is 0. The van der Waals surface area contributed by atoms with Crippen LogP contribution in [0.2, 0.25) is 0 Å². The maximum Gasteiger partial charge on any atom is 0.188 e. The third-order valence-electron chi connectivity index (χ3n) is 5.86. The van der Waals surface area contributed by atoms with E-state index in [9.17, 15) is 9.90 Å². The summed E-state index contributed by atoms with van der Waals surface area (Å²) in [7, 11) is 2.23. The van der Waals surface area contributed by atoms with Crippen LogP contribution in [0.15, 0.2) is 23.7 Å². The molecule has 5 heterocycles. The summed E-state index contributed by atoms with van der Waals surface area (Å²) in [5.74, 6) is 0.627. The number of aromatic nitrogens is 3. The van der Waals surface area contributed by atoms with E-state index in [4.69, 9.17) is 0 Å². The number of nitrogens with zero attached hydrogens (tertiary/aromatic N) is 5. The van der Waals surface area contributed by atoms with Crippen LogP contribution in [0, 0.1) is 6.92 Å². The molecule has 0 spiro atoms. The number of fused-ring (bicyclic) bond motifs is 1. The zero-order valence-electron chi connectivity index (χ0n) is 19.2. The fourth-order valence-electron chi connectivity index (χ4n) is 4.07. The number of carbonyl (C=O) groups is 1. The summed E-state index contributed by atoms with van der Waals surface area (Å²) >= 11 is 2.91. The number of aldehydes is 1. The average molecular weight is 487 g/mol. The van der Waals surface area contributed by atoms with Gasteiger partial charge in [-0.1, -0.05) is 0 Å². The summed E-state index contributed by atoms with van der Waals surface area (Å²) in [5, 5.41) is 16.1. The summed E-state index contributed by atoms with van der Waals surface area (Å²) in [5.41, 5.74) is 2.21. The van der Waals surface area contributed by atoms with E-state index in [1.54, 1.807) is 19.1 Å². The Balaban J connectivity index is 0.000000214. The van der Waals surface area contributed by atoms with Crippen LogP contribution in [0.25, 0.3) is 10.6 Å². The average Bonchev–Trinajstić information content (AvgIpc) is 3.54. The van der Waals surface area contributed by atoms with Gasteiger partial charge in [-0.2, -0.15) is 0 Å². The predicted molar refractivity (Wildman–Crippen MR) is 134 cm³/mol. The SMILES string of the molecule is CN1CCN2CCCC2C1.Cc1nc(C(C)O)sc1-c1csc(Nc2ccc(C=O)cn2)n1. The van der Waals surface area contributed by atoms with Gasteiger partial charge in [-0.3, -0.25) is 9.69 Å². The normalized spacial score (nSPS) is 19.5. The number of aliphatic hydroxyl groups is 1. The molecule has 0 bridgehead atoms. The molecule has 5 rings (SSSR count). The number of hydrogen-bond donors (Lipinski definition) is 2. The van der Waals surface area contributed by atoms with E-state index in [1.165, 1.54) is 67.9 Å². The van der Waals surface area contributed by atoms with E-state index in [0.29, 0.717) is 21.5 Å². The zero-order valence-corrected chi connectivity index (χ0v) is 20.8. The van der Waals surface area contributed by atoms with Gasteiger partial charge in [-0.25, -0.2) is 15.0 Å². The third kappa shape index (κ3) is 6.01. The van der Waals surface area contributed by atoms with Crippen molar-refractivity contribution < 1.29 is 9.90 Å². The van der Waals surface area contributed by atoms with E-state index >= 15 is 0 Å². The van der Waals surface area contributed by atoms with Crippen LogP contribution >= 0.6 is 22.7 Å². The molecule has 3 aromatic heterocycles. The van der Waals surface area contributed by atoms with Crippen molar-refractivity contribution in [1.29, 1.82) is 0 Å². The number of anilines is 2. The van der Waals surface area contributed by atoms with Crippen molar-refractivity contribution in [2.75, 3.05) is 38.5 Å². The van der Waals surface area contributed by atoms with Gasteiger partial charge in [0, 0.05) is 42.8 Å². The standard InChI is InChI=1S/C15H14N4O2S2.C8H16N2/c1-8-13(23-14(17-8)9(2)21)11-7-22-15(18-11)19-12-4-3-10(6-20)5-16-12;1-9-5-6-10-4-2-3-8(10)7-9/h3-7,9,21H,1-2H3,(H,16,18,19);8H,2-7H2,1H3. The summed E-state index contributed by atoms with van der Waals surface area (Å²) in [6.07, 6.45) is 4.55. The fraction of sp³-hybridized carbons (Fsp3) is 0.478. The molecule has 8 nitrogen and oxygen atoms in total. The van der Waals surface area contributed by atoms with Crippen LogP contribution in [-0.4, -0.2) is 75.4 Å². The second kappa shape index (κ2) is 10.8. The first kappa shape index (κ1) is 23.9. The van der Waals surface area contributed by atoms with Crippen molar-refractivity contribution in [2.24, 2.45) is 0 Å². The molecule has 0 saturated carbocycles. The number of pyridine rings is 1. The molecule has 176 valence electrons. The third-order valence-corrected chi connectivity index (χ3v) is 7.96.